The highest BCUT2D eigenvalue weighted by Gasteiger charge is 2.49. The average Bonchev–Trinajstić information content (AvgIpc) is 2.93. The van der Waals surface area contributed by atoms with Gasteiger partial charge in [-0.1, -0.05) is 19.8 Å². The zero-order valence-electron chi connectivity index (χ0n) is 16.7. The maximum atomic E-state index is 13.1. The van der Waals surface area contributed by atoms with Gasteiger partial charge in [0.05, 0.1) is 6.67 Å². The summed E-state index contributed by atoms with van der Waals surface area (Å²) in [6.45, 7) is 4.91. The van der Waals surface area contributed by atoms with E-state index in [1.807, 2.05) is 11.8 Å². The Bertz CT molecular complexity index is 792. The molecule has 4 amide bonds. The number of carbonyl (C=O) groups excluding carboxylic acids is 3. The summed E-state index contributed by atoms with van der Waals surface area (Å²) in [5, 5.41) is 0. The van der Waals surface area contributed by atoms with Gasteiger partial charge in [0.1, 0.15) is 5.82 Å². The van der Waals surface area contributed by atoms with Gasteiger partial charge in [-0.25, -0.2) is 14.1 Å². The molecular weight excluding hydrogens is 375 g/mol. The second-order valence-corrected chi connectivity index (χ2v) is 8.24. The van der Waals surface area contributed by atoms with E-state index in [-0.39, 0.29) is 24.4 Å². The minimum Gasteiger partial charge on any atom is -0.369 e. The predicted octanol–water partition coefficient (Wildman–Crippen LogP) is 2.27. The zero-order valence-corrected chi connectivity index (χ0v) is 16.7. The Labute approximate surface area is 170 Å². The van der Waals surface area contributed by atoms with Gasteiger partial charge in [0.25, 0.3) is 0 Å². The summed E-state index contributed by atoms with van der Waals surface area (Å²) in [4.78, 5) is 44.4. The topological polar surface area (TPSA) is 64.2 Å². The summed E-state index contributed by atoms with van der Waals surface area (Å²) in [7, 11) is 0. The van der Waals surface area contributed by atoms with Crippen LogP contribution < -0.4 is 4.90 Å². The molecule has 0 aromatic heterocycles. The number of anilines is 1. The van der Waals surface area contributed by atoms with Crippen molar-refractivity contribution in [3.8, 4) is 0 Å². The minimum absolute atomic E-state index is 0.137. The van der Waals surface area contributed by atoms with Gasteiger partial charge < -0.3 is 4.90 Å². The van der Waals surface area contributed by atoms with Crippen LogP contribution in [0, 0.1) is 11.7 Å². The van der Waals surface area contributed by atoms with Gasteiger partial charge >= 0.3 is 17.8 Å². The van der Waals surface area contributed by atoms with Gasteiger partial charge in [0, 0.05) is 37.9 Å². The first-order valence-corrected chi connectivity index (χ1v) is 10.4. The summed E-state index contributed by atoms with van der Waals surface area (Å²) >= 11 is 0. The summed E-state index contributed by atoms with van der Waals surface area (Å²) in [5.41, 5.74) is 0.951. The highest BCUT2D eigenvalue weighted by molar-refractivity contribution is 6.44. The third kappa shape index (κ3) is 3.85. The first-order chi connectivity index (χ1) is 14.0. The third-order valence-electron chi connectivity index (χ3n) is 6.39. The molecule has 0 N–H and O–H groups in total. The lowest BCUT2D eigenvalue weighted by atomic mass is 9.85. The van der Waals surface area contributed by atoms with E-state index in [0.29, 0.717) is 26.2 Å². The molecule has 2 aliphatic heterocycles. The number of imide groups is 2. The number of hydrogen-bond acceptors (Lipinski definition) is 5. The molecule has 29 heavy (non-hydrogen) atoms. The maximum Gasteiger partial charge on any atom is 0.335 e. The lowest BCUT2D eigenvalue weighted by molar-refractivity contribution is -0.145. The van der Waals surface area contributed by atoms with E-state index >= 15 is 0 Å². The van der Waals surface area contributed by atoms with Crippen LogP contribution in [0.2, 0.25) is 0 Å². The summed E-state index contributed by atoms with van der Waals surface area (Å²) in [5.74, 6) is -1.43. The number of piperazine rings is 1. The van der Waals surface area contributed by atoms with Gasteiger partial charge in [-0.3, -0.25) is 19.4 Å². The summed E-state index contributed by atoms with van der Waals surface area (Å²) in [6, 6.07) is 5.74. The molecule has 2 atom stereocenters. The van der Waals surface area contributed by atoms with Gasteiger partial charge in [0.2, 0.25) is 0 Å². The van der Waals surface area contributed by atoms with E-state index in [0.717, 1.165) is 36.3 Å². The van der Waals surface area contributed by atoms with Crippen molar-refractivity contribution in [3.05, 3.63) is 30.1 Å². The van der Waals surface area contributed by atoms with Crippen LogP contribution in [0.1, 0.15) is 32.6 Å². The number of rotatable bonds is 4. The molecule has 1 aromatic carbocycles. The van der Waals surface area contributed by atoms with Crippen LogP contribution in [-0.2, 0) is 9.59 Å². The van der Waals surface area contributed by atoms with Crippen LogP contribution in [0.4, 0.5) is 14.9 Å². The van der Waals surface area contributed by atoms with E-state index in [1.165, 1.54) is 17.0 Å². The smallest absolute Gasteiger partial charge is 0.335 e. The van der Waals surface area contributed by atoms with Crippen LogP contribution in [0.25, 0.3) is 0 Å². The van der Waals surface area contributed by atoms with E-state index < -0.39 is 17.8 Å². The molecule has 4 rings (SSSR count). The Morgan fingerprint density at radius 2 is 1.59 bits per heavy atom. The molecule has 8 heteroatoms. The molecule has 0 radical (unpaired) electrons. The Morgan fingerprint density at radius 3 is 2.24 bits per heavy atom. The molecule has 0 unspecified atom stereocenters. The highest BCUT2D eigenvalue weighted by Crippen LogP contribution is 2.31. The number of carbonyl (C=O) groups is 3. The van der Waals surface area contributed by atoms with Crippen molar-refractivity contribution in [2.45, 2.75) is 38.6 Å². The van der Waals surface area contributed by atoms with Crippen molar-refractivity contribution in [3.63, 3.8) is 0 Å². The normalized spacial score (nSPS) is 26.6. The Hall–Kier alpha value is -2.48. The Morgan fingerprint density at radius 1 is 0.931 bits per heavy atom. The fourth-order valence-corrected chi connectivity index (χ4v) is 4.62. The molecule has 1 saturated carbocycles. The number of benzene rings is 1. The van der Waals surface area contributed by atoms with Gasteiger partial charge in [-0.2, -0.15) is 0 Å². The van der Waals surface area contributed by atoms with E-state index in [2.05, 4.69) is 4.90 Å². The average molecular weight is 402 g/mol. The SMILES string of the molecule is C[C@@H]1CCCC[C@H]1N1C(=O)C(=O)N(CN2CCN(c3ccc(F)cc3)CC2)C1=O. The third-order valence-corrected chi connectivity index (χ3v) is 6.39. The molecule has 0 spiro atoms. The number of amides is 4. The van der Waals surface area contributed by atoms with E-state index in [9.17, 15) is 18.8 Å². The van der Waals surface area contributed by atoms with Gasteiger partial charge in [-0.15, -0.1) is 0 Å². The number of nitrogens with zero attached hydrogens (tertiary/aromatic N) is 4. The molecule has 3 fully saturated rings. The van der Waals surface area contributed by atoms with Crippen molar-refractivity contribution in [1.29, 1.82) is 0 Å². The fourth-order valence-electron chi connectivity index (χ4n) is 4.62. The van der Waals surface area contributed by atoms with Crippen LogP contribution in [0.15, 0.2) is 24.3 Å². The lowest BCUT2D eigenvalue weighted by Crippen LogP contribution is -2.52. The van der Waals surface area contributed by atoms with E-state index in [1.54, 1.807) is 12.1 Å². The Kier molecular flexibility index (Phi) is 5.54. The first-order valence-electron chi connectivity index (χ1n) is 10.4. The number of urea groups is 1. The predicted molar refractivity (Wildman–Crippen MR) is 106 cm³/mol. The van der Waals surface area contributed by atoms with Crippen molar-refractivity contribution in [2.75, 3.05) is 37.7 Å². The largest absolute Gasteiger partial charge is 0.369 e. The van der Waals surface area contributed by atoms with Crippen molar-refractivity contribution in [2.24, 2.45) is 5.92 Å². The van der Waals surface area contributed by atoms with Crippen molar-refractivity contribution in [1.82, 2.24) is 14.7 Å². The fraction of sp³-hybridized carbons (Fsp3) is 0.571. The molecule has 156 valence electrons. The van der Waals surface area contributed by atoms with Crippen molar-refractivity contribution >= 4 is 23.5 Å². The molecule has 2 saturated heterocycles. The molecule has 1 aromatic rings. The second-order valence-electron chi connectivity index (χ2n) is 8.24. The summed E-state index contributed by atoms with van der Waals surface area (Å²) in [6.07, 6.45) is 3.83. The molecule has 3 aliphatic rings. The highest BCUT2D eigenvalue weighted by atomic mass is 19.1. The van der Waals surface area contributed by atoms with Gasteiger partial charge in [-0.05, 0) is 43.0 Å². The first kappa shape index (κ1) is 19.8. The minimum atomic E-state index is -0.714. The van der Waals surface area contributed by atoms with Crippen molar-refractivity contribution < 1.29 is 18.8 Å². The zero-order chi connectivity index (χ0) is 20.5. The maximum absolute atomic E-state index is 13.1. The number of halogens is 1. The molecule has 2 heterocycles. The van der Waals surface area contributed by atoms with Gasteiger partial charge in [0.15, 0.2) is 0 Å². The number of hydrogen-bond donors (Lipinski definition) is 0. The molecular formula is C21H27FN4O3. The van der Waals surface area contributed by atoms with Crippen LogP contribution in [0.5, 0.6) is 0 Å². The molecule has 0 bridgehead atoms. The van der Waals surface area contributed by atoms with Crippen LogP contribution in [0.3, 0.4) is 0 Å². The summed E-state index contributed by atoms with van der Waals surface area (Å²) < 4.78 is 13.1. The quantitative estimate of drug-likeness (QED) is 0.571. The lowest BCUT2D eigenvalue weighted by Gasteiger charge is -2.37. The molecule has 7 nitrogen and oxygen atoms in total. The second kappa shape index (κ2) is 8.10. The standard InChI is InChI=1S/C21H27FN4O3/c1-15-4-2-3-5-18(15)26-20(28)19(27)25(21(26)29)14-23-10-12-24(13-11-23)17-8-6-16(22)7-9-17/h6-9,15,18H,2-5,10-14H2,1H3/t15-,18-/m1/s1. The molecule has 1 aliphatic carbocycles. The Balaban J connectivity index is 1.37. The van der Waals surface area contributed by atoms with E-state index in [4.69, 9.17) is 0 Å². The monoisotopic (exact) mass is 402 g/mol. The van der Waals surface area contributed by atoms with Crippen LogP contribution in [-0.4, -0.2) is 71.4 Å². The van der Waals surface area contributed by atoms with Crippen LogP contribution >= 0.6 is 0 Å².